The lowest BCUT2D eigenvalue weighted by Gasteiger charge is -2.23. The number of rotatable bonds is 1. The van der Waals surface area contributed by atoms with Gasteiger partial charge < -0.3 is 5.32 Å². The van der Waals surface area contributed by atoms with E-state index in [2.05, 4.69) is 29.4 Å². The van der Waals surface area contributed by atoms with E-state index in [1.165, 1.54) is 36.1 Å². The van der Waals surface area contributed by atoms with Gasteiger partial charge in [0.1, 0.15) is 0 Å². The molecule has 0 bridgehead atoms. The number of allylic oxidation sites excluding steroid dienone is 1. The Morgan fingerprint density at radius 1 is 1.31 bits per heavy atom. The van der Waals surface area contributed by atoms with Crippen LogP contribution < -0.4 is 5.32 Å². The maximum Gasteiger partial charge on any atom is 0.0343 e. The van der Waals surface area contributed by atoms with Crippen LogP contribution in [0.4, 0.5) is 0 Å². The molecule has 1 fully saturated rings. The summed E-state index contributed by atoms with van der Waals surface area (Å²) in [5, 5.41) is 3.49. The number of fused-ring (bicyclic) bond motifs is 1. The molecule has 2 nitrogen and oxygen atoms in total. The highest BCUT2D eigenvalue weighted by atomic mass is 14.9. The van der Waals surface area contributed by atoms with Gasteiger partial charge in [0.05, 0.1) is 0 Å². The van der Waals surface area contributed by atoms with Crippen LogP contribution in [0, 0.1) is 18.8 Å². The molecular weight excluding hydrogens is 196 g/mol. The Bertz CT molecular complexity index is 422. The van der Waals surface area contributed by atoms with Crippen molar-refractivity contribution in [3.05, 3.63) is 35.7 Å². The first-order valence-electron chi connectivity index (χ1n) is 6.16. The number of hydrogen-bond acceptors (Lipinski definition) is 2. The summed E-state index contributed by atoms with van der Waals surface area (Å²) in [4.78, 5) is 4.29. The highest BCUT2D eigenvalue weighted by molar-refractivity contribution is 5.66. The number of aromatic nitrogens is 1. The lowest BCUT2D eigenvalue weighted by Crippen LogP contribution is -2.15. The fourth-order valence-electron chi connectivity index (χ4n) is 2.92. The highest BCUT2D eigenvalue weighted by Crippen LogP contribution is 2.35. The van der Waals surface area contributed by atoms with Gasteiger partial charge in [-0.05, 0) is 60.9 Å². The maximum atomic E-state index is 4.29. The van der Waals surface area contributed by atoms with Crippen molar-refractivity contribution in [2.45, 2.75) is 19.8 Å². The standard InChI is InChI=1S/C14H18N2/c1-10-4-13(8-15-6-10)11-2-3-12-7-16-9-14(12)5-11/h4-6,8,12,14,16H,2-3,7,9H2,1H3/t12-,14+/m0/s1. The van der Waals surface area contributed by atoms with Gasteiger partial charge in [-0.15, -0.1) is 0 Å². The molecule has 84 valence electrons. The highest BCUT2D eigenvalue weighted by Gasteiger charge is 2.29. The Morgan fingerprint density at radius 3 is 3.12 bits per heavy atom. The molecule has 0 aromatic carbocycles. The molecule has 0 spiro atoms. The normalized spacial score (nSPS) is 28.7. The van der Waals surface area contributed by atoms with Gasteiger partial charge in [0, 0.05) is 18.9 Å². The number of nitrogens with zero attached hydrogens (tertiary/aromatic N) is 1. The zero-order valence-corrected chi connectivity index (χ0v) is 9.74. The van der Waals surface area contributed by atoms with Crippen molar-refractivity contribution >= 4 is 5.57 Å². The van der Waals surface area contributed by atoms with Crippen LogP contribution in [0.15, 0.2) is 24.5 Å². The molecule has 3 rings (SSSR count). The summed E-state index contributed by atoms with van der Waals surface area (Å²) in [6.07, 6.45) is 8.95. The number of hydrogen-bond donors (Lipinski definition) is 1. The first-order chi connectivity index (χ1) is 7.83. The van der Waals surface area contributed by atoms with Gasteiger partial charge in [-0.2, -0.15) is 0 Å². The summed E-state index contributed by atoms with van der Waals surface area (Å²) < 4.78 is 0. The van der Waals surface area contributed by atoms with E-state index in [4.69, 9.17) is 0 Å². The van der Waals surface area contributed by atoms with Gasteiger partial charge in [0.15, 0.2) is 0 Å². The molecule has 0 saturated carbocycles. The van der Waals surface area contributed by atoms with Gasteiger partial charge in [-0.25, -0.2) is 0 Å². The molecule has 2 atom stereocenters. The quantitative estimate of drug-likeness (QED) is 0.776. The predicted octanol–water partition coefficient (Wildman–Crippen LogP) is 2.40. The second-order valence-electron chi connectivity index (χ2n) is 5.06. The van der Waals surface area contributed by atoms with Crippen LogP contribution in [0.1, 0.15) is 24.0 Å². The minimum Gasteiger partial charge on any atom is -0.316 e. The van der Waals surface area contributed by atoms with Gasteiger partial charge in [-0.1, -0.05) is 6.08 Å². The predicted molar refractivity (Wildman–Crippen MR) is 66.0 cm³/mol. The third-order valence-corrected chi connectivity index (χ3v) is 3.84. The second-order valence-corrected chi connectivity index (χ2v) is 5.06. The Hall–Kier alpha value is -1.15. The molecule has 0 radical (unpaired) electrons. The average molecular weight is 214 g/mol. The fourth-order valence-corrected chi connectivity index (χ4v) is 2.92. The minimum absolute atomic E-state index is 0.754. The second kappa shape index (κ2) is 4.02. The number of pyridine rings is 1. The third kappa shape index (κ3) is 1.78. The van der Waals surface area contributed by atoms with E-state index in [9.17, 15) is 0 Å². The summed E-state index contributed by atoms with van der Waals surface area (Å²) in [5.41, 5.74) is 4.08. The van der Waals surface area contributed by atoms with Crippen molar-refractivity contribution in [1.29, 1.82) is 0 Å². The topological polar surface area (TPSA) is 24.9 Å². The lowest BCUT2D eigenvalue weighted by molar-refractivity contribution is 0.448. The van der Waals surface area contributed by atoms with Gasteiger partial charge >= 0.3 is 0 Å². The van der Waals surface area contributed by atoms with Crippen LogP contribution in [-0.2, 0) is 0 Å². The SMILES string of the molecule is Cc1cncc(C2=C[C@@H]3CNC[C@@H]3CC2)c1. The molecule has 1 aromatic rings. The van der Waals surface area contributed by atoms with E-state index in [1.54, 1.807) is 0 Å². The molecule has 1 aromatic heterocycles. The molecule has 2 heteroatoms. The fraction of sp³-hybridized carbons (Fsp3) is 0.500. The molecule has 0 unspecified atom stereocenters. The molecular formula is C14H18N2. The Labute approximate surface area is 96.8 Å². The first-order valence-corrected chi connectivity index (χ1v) is 6.16. The van der Waals surface area contributed by atoms with E-state index >= 15 is 0 Å². The third-order valence-electron chi connectivity index (χ3n) is 3.84. The van der Waals surface area contributed by atoms with E-state index in [0.717, 1.165) is 18.4 Å². The van der Waals surface area contributed by atoms with Gasteiger partial charge in [0.2, 0.25) is 0 Å². The van der Waals surface area contributed by atoms with Crippen molar-refractivity contribution in [1.82, 2.24) is 10.3 Å². The number of nitrogens with one attached hydrogen (secondary N) is 1. The van der Waals surface area contributed by atoms with E-state index < -0.39 is 0 Å². The Morgan fingerprint density at radius 2 is 2.25 bits per heavy atom. The Balaban J connectivity index is 1.90. The van der Waals surface area contributed by atoms with Crippen molar-refractivity contribution in [2.24, 2.45) is 11.8 Å². The Kier molecular flexibility index (Phi) is 2.52. The lowest BCUT2D eigenvalue weighted by atomic mass is 9.81. The zero-order valence-electron chi connectivity index (χ0n) is 9.74. The van der Waals surface area contributed by atoms with Crippen LogP contribution in [0.5, 0.6) is 0 Å². The molecule has 16 heavy (non-hydrogen) atoms. The summed E-state index contributed by atoms with van der Waals surface area (Å²) in [5.74, 6) is 1.63. The van der Waals surface area contributed by atoms with Crippen LogP contribution in [0.25, 0.3) is 5.57 Å². The summed E-state index contributed by atoms with van der Waals surface area (Å²) >= 11 is 0. The maximum absolute atomic E-state index is 4.29. The van der Waals surface area contributed by atoms with E-state index in [0.29, 0.717) is 0 Å². The van der Waals surface area contributed by atoms with Crippen LogP contribution in [0.3, 0.4) is 0 Å². The summed E-state index contributed by atoms with van der Waals surface area (Å²) in [6, 6.07) is 2.25. The van der Waals surface area contributed by atoms with Gasteiger partial charge in [0.25, 0.3) is 0 Å². The first kappa shape index (κ1) is 10.0. The molecule has 1 N–H and O–H groups in total. The van der Waals surface area contributed by atoms with Crippen molar-refractivity contribution in [3.8, 4) is 0 Å². The van der Waals surface area contributed by atoms with Crippen LogP contribution in [-0.4, -0.2) is 18.1 Å². The molecule has 0 amide bonds. The summed E-state index contributed by atoms with van der Waals surface area (Å²) in [7, 11) is 0. The minimum atomic E-state index is 0.754. The smallest absolute Gasteiger partial charge is 0.0343 e. The van der Waals surface area contributed by atoms with Crippen LogP contribution >= 0.6 is 0 Å². The molecule has 1 saturated heterocycles. The average Bonchev–Trinajstić information content (AvgIpc) is 2.75. The van der Waals surface area contributed by atoms with Crippen molar-refractivity contribution in [2.75, 3.05) is 13.1 Å². The largest absolute Gasteiger partial charge is 0.316 e. The van der Waals surface area contributed by atoms with Gasteiger partial charge in [-0.3, -0.25) is 4.98 Å². The molecule has 2 aliphatic rings. The van der Waals surface area contributed by atoms with Crippen LogP contribution in [0.2, 0.25) is 0 Å². The monoisotopic (exact) mass is 214 g/mol. The number of aryl methyl sites for hydroxylation is 1. The summed E-state index contributed by atoms with van der Waals surface area (Å²) in [6.45, 7) is 4.48. The van der Waals surface area contributed by atoms with E-state index in [1.807, 2.05) is 12.4 Å². The van der Waals surface area contributed by atoms with E-state index in [-0.39, 0.29) is 0 Å². The zero-order chi connectivity index (χ0) is 11.0. The molecule has 2 heterocycles. The molecule has 1 aliphatic carbocycles. The van der Waals surface area contributed by atoms with Crippen molar-refractivity contribution < 1.29 is 0 Å². The molecule has 1 aliphatic heterocycles. The van der Waals surface area contributed by atoms with Crippen molar-refractivity contribution in [3.63, 3.8) is 0 Å².